The third-order valence-electron chi connectivity index (χ3n) is 2.85. The van der Waals surface area contributed by atoms with Gasteiger partial charge < -0.3 is 0 Å². The Morgan fingerprint density at radius 2 is 2.06 bits per heavy atom. The van der Waals surface area contributed by atoms with Gasteiger partial charge >= 0.3 is 0 Å². The topological polar surface area (TPSA) is 37.4 Å². The number of hydrogen-bond donors (Lipinski definition) is 0. The molecule has 0 bridgehead atoms. The van der Waals surface area contributed by atoms with Crippen LogP contribution in [0.2, 0.25) is 0 Å². The smallest absolute Gasteiger partial charge is 0.237 e. The van der Waals surface area contributed by atoms with Gasteiger partial charge in [0, 0.05) is 16.8 Å². The van der Waals surface area contributed by atoms with Crippen molar-refractivity contribution >= 4 is 33.4 Å². The molecule has 0 aliphatic carbocycles. The lowest BCUT2D eigenvalue weighted by molar-refractivity contribution is -0.122. The van der Waals surface area contributed by atoms with Gasteiger partial charge in [-0.15, -0.1) is 0 Å². The minimum absolute atomic E-state index is 0.105. The van der Waals surface area contributed by atoms with Crippen molar-refractivity contribution in [3.8, 4) is 0 Å². The van der Waals surface area contributed by atoms with Gasteiger partial charge in [-0.3, -0.25) is 14.5 Å². The van der Waals surface area contributed by atoms with Crippen LogP contribution in [0.4, 0.5) is 5.69 Å². The number of amides is 2. The molecule has 1 saturated heterocycles. The fourth-order valence-corrected chi connectivity index (χ4v) is 2.23. The number of hydrogen-bond acceptors (Lipinski definition) is 2. The van der Waals surface area contributed by atoms with Gasteiger partial charge in [0.1, 0.15) is 0 Å². The van der Waals surface area contributed by atoms with E-state index >= 15 is 0 Å². The number of carbonyl (C=O) groups excluding carboxylic acids is 2. The molecule has 1 fully saturated rings. The molecule has 4 heteroatoms. The predicted octanol–water partition coefficient (Wildman–Crippen LogP) is 2.66. The van der Waals surface area contributed by atoms with Crippen molar-refractivity contribution in [3.63, 3.8) is 0 Å². The Bertz CT molecular complexity index is 470. The number of benzene rings is 1. The average Bonchev–Trinajstić information content (AvgIpc) is 2.47. The molecule has 84 valence electrons. The molecule has 0 spiro atoms. The van der Waals surface area contributed by atoms with Crippen LogP contribution in [0.5, 0.6) is 0 Å². The lowest BCUT2D eigenvalue weighted by atomic mass is 10.1. The van der Waals surface area contributed by atoms with E-state index in [9.17, 15) is 9.59 Å². The minimum Gasteiger partial charge on any atom is -0.274 e. The van der Waals surface area contributed by atoms with Crippen LogP contribution in [-0.2, 0) is 9.59 Å². The summed E-state index contributed by atoms with van der Waals surface area (Å²) in [6, 6.07) is 5.52. The van der Waals surface area contributed by atoms with Crippen molar-refractivity contribution in [2.45, 2.75) is 20.3 Å². The number of carbonyl (C=O) groups is 2. The molecule has 1 aromatic rings. The first-order valence-corrected chi connectivity index (χ1v) is 5.93. The zero-order valence-corrected chi connectivity index (χ0v) is 10.7. The monoisotopic (exact) mass is 281 g/mol. The Morgan fingerprint density at radius 1 is 1.38 bits per heavy atom. The Balaban J connectivity index is 2.49. The van der Waals surface area contributed by atoms with E-state index in [2.05, 4.69) is 15.9 Å². The molecule has 1 aliphatic heterocycles. The summed E-state index contributed by atoms with van der Waals surface area (Å²) < 4.78 is 0.908. The van der Waals surface area contributed by atoms with Crippen LogP contribution in [0.25, 0.3) is 0 Å². The molecule has 3 nitrogen and oxygen atoms in total. The third-order valence-corrected chi connectivity index (χ3v) is 3.71. The molecule has 0 aromatic heterocycles. The highest BCUT2D eigenvalue weighted by atomic mass is 79.9. The van der Waals surface area contributed by atoms with Crippen molar-refractivity contribution in [1.82, 2.24) is 0 Å². The number of anilines is 1. The first-order valence-electron chi connectivity index (χ1n) is 5.14. The summed E-state index contributed by atoms with van der Waals surface area (Å²) >= 11 is 3.40. The zero-order chi connectivity index (χ0) is 11.9. The Morgan fingerprint density at radius 3 is 2.62 bits per heavy atom. The summed E-state index contributed by atoms with van der Waals surface area (Å²) in [7, 11) is 0. The predicted molar refractivity (Wildman–Crippen MR) is 65.2 cm³/mol. The summed E-state index contributed by atoms with van der Waals surface area (Å²) in [5.74, 6) is -0.421. The summed E-state index contributed by atoms with van der Waals surface area (Å²) in [5.41, 5.74) is 1.60. The molecular weight excluding hydrogens is 270 g/mol. The van der Waals surface area contributed by atoms with Crippen LogP contribution in [0.15, 0.2) is 22.7 Å². The Kier molecular flexibility index (Phi) is 2.84. The molecule has 1 heterocycles. The van der Waals surface area contributed by atoms with Crippen molar-refractivity contribution in [2.24, 2.45) is 5.92 Å². The van der Waals surface area contributed by atoms with Gasteiger partial charge in [-0.1, -0.05) is 28.9 Å². The maximum absolute atomic E-state index is 11.9. The molecule has 1 aliphatic rings. The lowest BCUT2D eigenvalue weighted by Crippen LogP contribution is -2.30. The quantitative estimate of drug-likeness (QED) is 0.743. The maximum Gasteiger partial charge on any atom is 0.237 e. The molecule has 2 rings (SSSR count). The van der Waals surface area contributed by atoms with Gasteiger partial charge in [-0.2, -0.15) is 0 Å². The highest BCUT2D eigenvalue weighted by Crippen LogP contribution is 2.32. The van der Waals surface area contributed by atoms with Crippen molar-refractivity contribution in [2.75, 3.05) is 4.90 Å². The standard InChI is InChI=1S/C12H12BrNO2/c1-7-6-11(15)14(12(7)16)10-5-3-4-9(13)8(10)2/h3-5,7H,6H2,1-2H3. The number of nitrogens with zero attached hydrogens (tertiary/aromatic N) is 1. The van der Waals surface area contributed by atoms with E-state index in [1.807, 2.05) is 19.1 Å². The highest BCUT2D eigenvalue weighted by molar-refractivity contribution is 9.10. The first-order chi connectivity index (χ1) is 7.52. The van der Waals surface area contributed by atoms with E-state index < -0.39 is 0 Å². The van der Waals surface area contributed by atoms with Crippen molar-refractivity contribution < 1.29 is 9.59 Å². The molecule has 1 unspecified atom stereocenters. The number of rotatable bonds is 1. The maximum atomic E-state index is 11.9. The van der Waals surface area contributed by atoms with E-state index in [-0.39, 0.29) is 17.7 Å². The van der Waals surface area contributed by atoms with E-state index in [0.717, 1.165) is 10.0 Å². The molecule has 1 atom stereocenters. The summed E-state index contributed by atoms with van der Waals surface area (Å²) in [6.07, 6.45) is 0.310. The summed E-state index contributed by atoms with van der Waals surface area (Å²) in [6.45, 7) is 3.68. The fraction of sp³-hybridized carbons (Fsp3) is 0.333. The SMILES string of the molecule is Cc1c(Br)cccc1N1C(=O)CC(C)C1=O. The average molecular weight is 282 g/mol. The summed E-state index contributed by atoms with van der Waals surface area (Å²) in [5, 5.41) is 0. The fourth-order valence-electron chi connectivity index (χ4n) is 1.88. The van der Waals surface area contributed by atoms with Gasteiger partial charge in [-0.05, 0) is 24.6 Å². The number of halogens is 1. The second-order valence-electron chi connectivity index (χ2n) is 4.06. The minimum atomic E-state index is -0.203. The van der Waals surface area contributed by atoms with E-state index in [0.29, 0.717) is 12.1 Å². The van der Waals surface area contributed by atoms with Crippen LogP contribution in [-0.4, -0.2) is 11.8 Å². The van der Waals surface area contributed by atoms with Crippen molar-refractivity contribution in [3.05, 3.63) is 28.2 Å². The second kappa shape index (κ2) is 4.01. The Hall–Kier alpha value is -1.16. The molecule has 1 aromatic carbocycles. The molecule has 0 radical (unpaired) electrons. The van der Waals surface area contributed by atoms with Crippen LogP contribution in [0, 0.1) is 12.8 Å². The number of imide groups is 1. The van der Waals surface area contributed by atoms with E-state index in [4.69, 9.17) is 0 Å². The van der Waals surface area contributed by atoms with E-state index in [1.54, 1.807) is 13.0 Å². The van der Waals surface area contributed by atoms with Crippen LogP contribution < -0.4 is 4.90 Å². The van der Waals surface area contributed by atoms with Crippen LogP contribution >= 0.6 is 15.9 Å². The lowest BCUT2D eigenvalue weighted by Gasteiger charge is -2.17. The van der Waals surface area contributed by atoms with Crippen molar-refractivity contribution in [1.29, 1.82) is 0 Å². The van der Waals surface area contributed by atoms with E-state index in [1.165, 1.54) is 4.90 Å². The van der Waals surface area contributed by atoms with Gasteiger partial charge in [-0.25, -0.2) is 0 Å². The largest absolute Gasteiger partial charge is 0.274 e. The van der Waals surface area contributed by atoms with Gasteiger partial charge in [0.15, 0.2) is 0 Å². The molecule has 2 amide bonds. The highest BCUT2D eigenvalue weighted by Gasteiger charge is 2.37. The van der Waals surface area contributed by atoms with Gasteiger partial charge in [0.2, 0.25) is 11.8 Å². The first kappa shape index (κ1) is 11.3. The molecule has 0 N–H and O–H groups in total. The second-order valence-corrected chi connectivity index (χ2v) is 4.91. The molecular formula is C12H12BrNO2. The van der Waals surface area contributed by atoms with Crippen LogP contribution in [0.1, 0.15) is 18.9 Å². The molecule has 16 heavy (non-hydrogen) atoms. The van der Waals surface area contributed by atoms with Gasteiger partial charge in [0.05, 0.1) is 5.69 Å². The Labute approximate surface area is 103 Å². The zero-order valence-electron chi connectivity index (χ0n) is 9.16. The molecule has 0 saturated carbocycles. The normalized spacial score (nSPS) is 20.7. The third kappa shape index (κ3) is 1.67. The van der Waals surface area contributed by atoms with Crippen LogP contribution in [0.3, 0.4) is 0 Å². The summed E-state index contributed by atoms with van der Waals surface area (Å²) in [4.78, 5) is 24.9. The van der Waals surface area contributed by atoms with Gasteiger partial charge in [0.25, 0.3) is 0 Å².